The Labute approximate surface area is 102 Å². The number of amides is 2. The molecule has 0 aromatic carbocycles. The molecule has 0 radical (unpaired) electrons. The maximum atomic E-state index is 12.0. The van der Waals surface area contributed by atoms with Gasteiger partial charge >= 0.3 is 0 Å². The molecule has 0 unspecified atom stereocenters. The largest absolute Gasteiger partial charge is 0.368 e. The summed E-state index contributed by atoms with van der Waals surface area (Å²) in [5.41, 5.74) is 0. The van der Waals surface area contributed by atoms with E-state index < -0.39 is 0 Å². The lowest BCUT2D eigenvalue weighted by molar-refractivity contribution is -0.145. The number of hydrogen-bond donors (Lipinski definition) is 0. The molecule has 2 heterocycles. The number of hydrogen-bond acceptors (Lipinski definition) is 3. The summed E-state index contributed by atoms with van der Waals surface area (Å²) in [5, 5.41) is 0. The molecule has 0 bridgehead atoms. The lowest BCUT2D eigenvalue weighted by atomic mass is 10.2. The first-order valence-electron chi connectivity index (χ1n) is 6.40. The maximum absolute atomic E-state index is 12.0. The minimum atomic E-state index is -0.233. The number of rotatable bonds is 2. The molecule has 5 heteroatoms. The number of carbonyl (C=O) groups is 2. The van der Waals surface area contributed by atoms with E-state index in [-0.39, 0.29) is 17.9 Å². The van der Waals surface area contributed by atoms with Crippen molar-refractivity contribution >= 4 is 11.8 Å². The van der Waals surface area contributed by atoms with E-state index >= 15 is 0 Å². The average molecular weight is 240 g/mol. The zero-order chi connectivity index (χ0) is 12.3. The molecule has 0 saturated carbocycles. The fourth-order valence-corrected chi connectivity index (χ4v) is 2.38. The van der Waals surface area contributed by atoms with E-state index in [2.05, 4.69) is 0 Å². The number of ether oxygens (including phenoxy) is 1. The summed E-state index contributed by atoms with van der Waals surface area (Å²) < 4.78 is 5.39. The SMILES string of the molecule is CCC(=O)N1CCN(C(=O)[C@H]2CCCO2)CC1. The van der Waals surface area contributed by atoms with E-state index in [1.54, 1.807) is 0 Å². The van der Waals surface area contributed by atoms with E-state index in [0.29, 0.717) is 39.2 Å². The molecule has 0 spiro atoms. The van der Waals surface area contributed by atoms with Gasteiger partial charge in [0.05, 0.1) is 0 Å². The van der Waals surface area contributed by atoms with Crippen LogP contribution in [0.15, 0.2) is 0 Å². The van der Waals surface area contributed by atoms with Gasteiger partial charge in [0.25, 0.3) is 5.91 Å². The van der Waals surface area contributed by atoms with Crippen LogP contribution in [-0.4, -0.2) is 60.5 Å². The van der Waals surface area contributed by atoms with Gasteiger partial charge in [-0.1, -0.05) is 6.92 Å². The molecule has 0 N–H and O–H groups in total. The first-order chi connectivity index (χ1) is 8.22. The lowest BCUT2D eigenvalue weighted by Gasteiger charge is -2.35. The van der Waals surface area contributed by atoms with Crippen molar-refractivity contribution in [3.63, 3.8) is 0 Å². The Morgan fingerprint density at radius 2 is 1.82 bits per heavy atom. The third-order valence-electron chi connectivity index (χ3n) is 3.45. The molecule has 2 saturated heterocycles. The fraction of sp³-hybridized carbons (Fsp3) is 0.833. The van der Waals surface area contributed by atoms with Crippen LogP contribution in [0.3, 0.4) is 0 Å². The molecule has 2 aliphatic heterocycles. The van der Waals surface area contributed by atoms with Gasteiger partial charge in [0.15, 0.2) is 0 Å². The van der Waals surface area contributed by atoms with E-state index in [1.165, 1.54) is 0 Å². The summed E-state index contributed by atoms with van der Waals surface area (Å²) in [4.78, 5) is 27.2. The molecule has 0 aromatic rings. The van der Waals surface area contributed by atoms with Gasteiger partial charge in [0.2, 0.25) is 5.91 Å². The van der Waals surface area contributed by atoms with Crippen molar-refractivity contribution in [2.75, 3.05) is 32.8 Å². The molecule has 5 nitrogen and oxygen atoms in total. The summed E-state index contributed by atoms with van der Waals surface area (Å²) >= 11 is 0. The van der Waals surface area contributed by atoms with Crippen LogP contribution >= 0.6 is 0 Å². The predicted molar refractivity (Wildman–Crippen MR) is 62.4 cm³/mol. The lowest BCUT2D eigenvalue weighted by Crippen LogP contribution is -2.52. The highest BCUT2D eigenvalue weighted by molar-refractivity contribution is 5.82. The van der Waals surface area contributed by atoms with Crippen molar-refractivity contribution in [1.82, 2.24) is 9.80 Å². The van der Waals surface area contributed by atoms with E-state index in [4.69, 9.17) is 4.74 Å². The van der Waals surface area contributed by atoms with Gasteiger partial charge in [-0.25, -0.2) is 0 Å². The zero-order valence-electron chi connectivity index (χ0n) is 10.4. The van der Waals surface area contributed by atoms with Crippen molar-refractivity contribution < 1.29 is 14.3 Å². The number of piperazine rings is 1. The van der Waals surface area contributed by atoms with Crippen LogP contribution in [0.25, 0.3) is 0 Å². The fourth-order valence-electron chi connectivity index (χ4n) is 2.38. The molecule has 96 valence electrons. The quantitative estimate of drug-likeness (QED) is 0.695. The van der Waals surface area contributed by atoms with Crippen molar-refractivity contribution in [1.29, 1.82) is 0 Å². The molecule has 2 aliphatic rings. The average Bonchev–Trinajstić information content (AvgIpc) is 2.91. The topological polar surface area (TPSA) is 49.9 Å². The van der Waals surface area contributed by atoms with Gasteiger partial charge in [-0.15, -0.1) is 0 Å². The third-order valence-corrected chi connectivity index (χ3v) is 3.45. The summed E-state index contributed by atoms with van der Waals surface area (Å²) in [7, 11) is 0. The van der Waals surface area contributed by atoms with Crippen LogP contribution < -0.4 is 0 Å². The van der Waals surface area contributed by atoms with Gasteiger partial charge in [-0.2, -0.15) is 0 Å². The van der Waals surface area contributed by atoms with Gasteiger partial charge < -0.3 is 14.5 Å². The van der Waals surface area contributed by atoms with Gasteiger partial charge in [0, 0.05) is 39.2 Å². The normalized spacial score (nSPS) is 25.1. The van der Waals surface area contributed by atoms with Crippen molar-refractivity contribution in [3.05, 3.63) is 0 Å². The van der Waals surface area contributed by atoms with Crippen molar-refractivity contribution in [2.24, 2.45) is 0 Å². The number of nitrogens with zero attached hydrogens (tertiary/aromatic N) is 2. The van der Waals surface area contributed by atoms with Gasteiger partial charge in [0.1, 0.15) is 6.10 Å². The summed E-state index contributed by atoms with van der Waals surface area (Å²) in [6.45, 7) is 5.17. The van der Waals surface area contributed by atoms with Crippen LogP contribution in [0, 0.1) is 0 Å². The molecular formula is C12H20N2O3. The van der Waals surface area contributed by atoms with Crippen LogP contribution in [0.5, 0.6) is 0 Å². The Morgan fingerprint density at radius 3 is 2.35 bits per heavy atom. The van der Waals surface area contributed by atoms with Gasteiger partial charge in [-0.05, 0) is 12.8 Å². The minimum absolute atomic E-state index is 0.103. The Kier molecular flexibility index (Phi) is 3.99. The second-order valence-electron chi connectivity index (χ2n) is 4.56. The minimum Gasteiger partial charge on any atom is -0.368 e. The Bertz CT molecular complexity index is 292. The molecule has 2 amide bonds. The van der Waals surface area contributed by atoms with E-state index in [9.17, 15) is 9.59 Å². The molecule has 2 rings (SSSR count). The van der Waals surface area contributed by atoms with Crippen LogP contribution in [0.1, 0.15) is 26.2 Å². The Morgan fingerprint density at radius 1 is 1.18 bits per heavy atom. The summed E-state index contributed by atoms with van der Waals surface area (Å²) in [5.74, 6) is 0.278. The molecule has 0 aliphatic carbocycles. The first-order valence-corrected chi connectivity index (χ1v) is 6.40. The highest BCUT2D eigenvalue weighted by atomic mass is 16.5. The van der Waals surface area contributed by atoms with E-state index in [0.717, 1.165) is 12.8 Å². The maximum Gasteiger partial charge on any atom is 0.251 e. The Hall–Kier alpha value is -1.10. The highest BCUT2D eigenvalue weighted by Crippen LogP contribution is 2.16. The summed E-state index contributed by atoms with van der Waals surface area (Å²) in [6.07, 6.45) is 2.13. The highest BCUT2D eigenvalue weighted by Gasteiger charge is 2.30. The molecule has 0 aromatic heterocycles. The third kappa shape index (κ3) is 2.77. The molecule has 17 heavy (non-hydrogen) atoms. The predicted octanol–water partition coefficient (Wildman–Crippen LogP) is 0.246. The molecule has 2 fully saturated rings. The Balaban J connectivity index is 1.82. The van der Waals surface area contributed by atoms with Crippen LogP contribution in [-0.2, 0) is 14.3 Å². The smallest absolute Gasteiger partial charge is 0.251 e. The summed E-state index contributed by atoms with van der Waals surface area (Å²) in [6, 6.07) is 0. The molecular weight excluding hydrogens is 220 g/mol. The van der Waals surface area contributed by atoms with Crippen molar-refractivity contribution in [3.8, 4) is 0 Å². The van der Waals surface area contributed by atoms with E-state index in [1.807, 2.05) is 16.7 Å². The van der Waals surface area contributed by atoms with Crippen molar-refractivity contribution in [2.45, 2.75) is 32.3 Å². The molecule has 1 atom stereocenters. The number of carbonyl (C=O) groups excluding carboxylic acids is 2. The standard InChI is InChI=1S/C12H20N2O3/c1-2-11(15)13-5-7-14(8-6-13)12(16)10-4-3-9-17-10/h10H,2-9H2,1H3/t10-/m1/s1. The monoisotopic (exact) mass is 240 g/mol. The second-order valence-corrected chi connectivity index (χ2v) is 4.56. The first kappa shape index (κ1) is 12.4. The van der Waals surface area contributed by atoms with Crippen LogP contribution in [0.4, 0.5) is 0 Å². The second kappa shape index (κ2) is 5.49. The van der Waals surface area contributed by atoms with Gasteiger partial charge in [-0.3, -0.25) is 9.59 Å². The van der Waals surface area contributed by atoms with Crippen LogP contribution in [0.2, 0.25) is 0 Å². The zero-order valence-corrected chi connectivity index (χ0v) is 10.4.